The number of ether oxygens (including phenoxy) is 2. The van der Waals surface area contributed by atoms with E-state index in [2.05, 4.69) is 11.3 Å². The van der Waals surface area contributed by atoms with Gasteiger partial charge in [0.2, 0.25) is 5.78 Å². The first-order valence-electron chi connectivity index (χ1n) is 4.91. The van der Waals surface area contributed by atoms with E-state index in [1.807, 2.05) is 0 Å². The van der Waals surface area contributed by atoms with Crippen molar-refractivity contribution in [1.29, 1.82) is 0 Å². The van der Waals surface area contributed by atoms with Gasteiger partial charge in [0, 0.05) is 6.61 Å². The van der Waals surface area contributed by atoms with E-state index in [1.54, 1.807) is 27.7 Å². The first kappa shape index (κ1) is 13.8. The summed E-state index contributed by atoms with van der Waals surface area (Å²) in [6.07, 6.45) is 0. The molecule has 0 heterocycles. The van der Waals surface area contributed by atoms with Crippen molar-refractivity contribution >= 4 is 11.8 Å². The minimum Gasteiger partial charge on any atom is -0.462 e. The van der Waals surface area contributed by atoms with Crippen LogP contribution in [0.2, 0.25) is 0 Å². The minimum atomic E-state index is -1.03. The Morgan fingerprint density at radius 2 is 1.73 bits per heavy atom. The van der Waals surface area contributed by atoms with E-state index in [0.29, 0.717) is 6.61 Å². The van der Waals surface area contributed by atoms with Crippen molar-refractivity contribution in [2.24, 2.45) is 0 Å². The number of hydrogen-bond donors (Lipinski definition) is 0. The maximum atomic E-state index is 11.7. The van der Waals surface area contributed by atoms with E-state index in [4.69, 9.17) is 4.74 Å². The van der Waals surface area contributed by atoms with Crippen LogP contribution in [0.5, 0.6) is 0 Å². The number of esters is 1. The monoisotopic (exact) mass is 214 g/mol. The van der Waals surface area contributed by atoms with E-state index in [9.17, 15) is 9.59 Å². The van der Waals surface area contributed by atoms with E-state index in [-0.39, 0.29) is 12.2 Å². The molecule has 0 fully saturated rings. The summed E-state index contributed by atoms with van der Waals surface area (Å²) in [6.45, 7) is 10.7. The van der Waals surface area contributed by atoms with Gasteiger partial charge in [0.15, 0.2) is 0 Å². The van der Waals surface area contributed by atoms with Gasteiger partial charge in [0.25, 0.3) is 0 Å². The van der Waals surface area contributed by atoms with Gasteiger partial charge in [-0.15, -0.1) is 0 Å². The molecule has 0 radical (unpaired) electrons. The van der Waals surface area contributed by atoms with Crippen LogP contribution in [-0.4, -0.2) is 30.6 Å². The predicted molar refractivity (Wildman–Crippen MR) is 56.5 cm³/mol. The summed E-state index contributed by atoms with van der Waals surface area (Å²) < 4.78 is 9.91. The predicted octanol–water partition coefficient (Wildman–Crippen LogP) is 1.49. The van der Waals surface area contributed by atoms with Gasteiger partial charge in [-0.1, -0.05) is 6.58 Å². The first-order chi connectivity index (χ1) is 6.86. The Morgan fingerprint density at radius 1 is 1.20 bits per heavy atom. The zero-order valence-electron chi connectivity index (χ0n) is 9.75. The van der Waals surface area contributed by atoms with Gasteiger partial charge in [-0.25, -0.2) is 4.79 Å². The zero-order valence-corrected chi connectivity index (χ0v) is 9.75. The maximum Gasteiger partial charge on any atom is 0.341 e. The highest BCUT2D eigenvalue weighted by Gasteiger charge is 2.33. The fourth-order valence-electron chi connectivity index (χ4n) is 1.10. The Morgan fingerprint density at radius 3 is 2.13 bits per heavy atom. The third-order valence-corrected chi connectivity index (χ3v) is 1.85. The summed E-state index contributed by atoms with van der Waals surface area (Å²) >= 11 is 0. The topological polar surface area (TPSA) is 52.6 Å². The Hall–Kier alpha value is -1.16. The molecule has 0 atom stereocenters. The lowest BCUT2D eigenvalue weighted by atomic mass is 9.97. The van der Waals surface area contributed by atoms with Gasteiger partial charge in [0.05, 0.1) is 12.2 Å². The summed E-state index contributed by atoms with van der Waals surface area (Å²) in [7, 11) is 0. The van der Waals surface area contributed by atoms with Gasteiger partial charge in [-0.3, -0.25) is 4.79 Å². The molecule has 0 aliphatic carbocycles. The second-order valence-electron chi connectivity index (χ2n) is 3.47. The Kier molecular flexibility index (Phi) is 5.22. The summed E-state index contributed by atoms with van der Waals surface area (Å²) in [4.78, 5) is 23.0. The van der Waals surface area contributed by atoms with Crippen LogP contribution in [-0.2, 0) is 19.1 Å². The van der Waals surface area contributed by atoms with Gasteiger partial charge in [-0.2, -0.15) is 0 Å². The largest absolute Gasteiger partial charge is 0.462 e. The molecule has 0 aromatic rings. The number of hydrogen-bond acceptors (Lipinski definition) is 4. The van der Waals surface area contributed by atoms with Crippen molar-refractivity contribution in [2.75, 3.05) is 13.2 Å². The van der Waals surface area contributed by atoms with Crippen molar-refractivity contribution in [3.05, 3.63) is 12.2 Å². The van der Waals surface area contributed by atoms with Crippen LogP contribution in [0.1, 0.15) is 27.7 Å². The Bertz CT molecular complexity index is 266. The SMILES string of the molecule is C=C(C(=O)OCC)C(=O)C(C)(C)OCC. The van der Waals surface area contributed by atoms with Crippen molar-refractivity contribution < 1.29 is 19.1 Å². The minimum absolute atomic E-state index is 0.171. The maximum absolute atomic E-state index is 11.7. The van der Waals surface area contributed by atoms with Crippen LogP contribution in [0.25, 0.3) is 0 Å². The Labute approximate surface area is 90.2 Å². The highest BCUT2D eigenvalue weighted by Crippen LogP contribution is 2.16. The van der Waals surface area contributed by atoms with Gasteiger partial charge >= 0.3 is 5.97 Å². The molecule has 86 valence electrons. The lowest BCUT2D eigenvalue weighted by Crippen LogP contribution is -2.38. The molecule has 0 rings (SSSR count). The molecule has 0 spiro atoms. The molecule has 4 heteroatoms. The van der Waals surface area contributed by atoms with Crippen LogP contribution in [0.3, 0.4) is 0 Å². The zero-order chi connectivity index (χ0) is 12.1. The van der Waals surface area contributed by atoms with E-state index < -0.39 is 17.4 Å². The average molecular weight is 214 g/mol. The molecule has 0 amide bonds. The number of rotatable bonds is 6. The number of carbonyl (C=O) groups is 2. The molecule has 15 heavy (non-hydrogen) atoms. The fourth-order valence-corrected chi connectivity index (χ4v) is 1.10. The molecule has 0 aliphatic rings. The van der Waals surface area contributed by atoms with Crippen LogP contribution >= 0.6 is 0 Å². The first-order valence-corrected chi connectivity index (χ1v) is 4.91. The standard InChI is InChI=1S/C11H18O4/c1-6-14-10(13)8(3)9(12)11(4,5)15-7-2/h3,6-7H2,1-2,4-5H3. The molecule has 4 nitrogen and oxygen atoms in total. The second-order valence-corrected chi connectivity index (χ2v) is 3.47. The van der Waals surface area contributed by atoms with Crippen molar-refractivity contribution in [1.82, 2.24) is 0 Å². The molecule has 0 N–H and O–H groups in total. The van der Waals surface area contributed by atoms with Crippen LogP contribution in [0, 0.1) is 0 Å². The molecule has 0 aromatic carbocycles. The highest BCUT2D eigenvalue weighted by atomic mass is 16.5. The molecule has 0 bridgehead atoms. The normalized spacial score (nSPS) is 10.9. The van der Waals surface area contributed by atoms with Gasteiger partial charge in [0.1, 0.15) is 5.60 Å². The van der Waals surface area contributed by atoms with E-state index >= 15 is 0 Å². The molecule has 0 saturated heterocycles. The lowest BCUT2D eigenvalue weighted by molar-refractivity contribution is -0.145. The lowest BCUT2D eigenvalue weighted by Gasteiger charge is -2.23. The molecule has 0 aliphatic heterocycles. The average Bonchev–Trinajstić information content (AvgIpc) is 2.15. The van der Waals surface area contributed by atoms with Crippen molar-refractivity contribution in [3.8, 4) is 0 Å². The second kappa shape index (κ2) is 5.66. The molecule has 0 unspecified atom stereocenters. The summed E-state index contributed by atoms with van der Waals surface area (Å²) in [5, 5.41) is 0. The van der Waals surface area contributed by atoms with Gasteiger partial charge in [-0.05, 0) is 27.7 Å². The molecular weight excluding hydrogens is 196 g/mol. The summed E-state index contributed by atoms with van der Waals surface area (Å²) in [6, 6.07) is 0. The third kappa shape index (κ3) is 3.83. The van der Waals surface area contributed by atoms with Crippen molar-refractivity contribution in [3.63, 3.8) is 0 Å². The summed E-state index contributed by atoms with van der Waals surface area (Å²) in [5.74, 6) is -1.13. The number of carbonyl (C=O) groups excluding carboxylic acids is 2. The third-order valence-electron chi connectivity index (χ3n) is 1.85. The van der Waals surface area contributed by atoms with Crippen LogP contribution < -0.4 is 0 Å². The van der Waals surface area contributed by atoms with Crippen LogP contribution in [0.4, 0.5) is 0 Å². The fraction of sp³-hybridized carbons (Fsp3) is 0.636. The summed E-state index contributed by atoms with van der Waals surface area (Å²) in [5.41, 5.74) is -1.20. The van der Waals surface area contributed by atoms with Crippen molar-refractivity contribution in [2.45, 2.75) is 33.3 Å². The number of Topliss-reactive ketones (excluding diaryl/α,β-unsaturated/α-hetero) is 1. The highest BCUT2D eigenvalue weighted by molar-refractivity contribution is 6.19. The number of ketones is 1. The van der Waals surface area contributed by atoms with Gasteiger partial charge < -0.3 is 9.47 Å². The van der Waals surface area contributed by atoms with Crippen LogP contribution in [0.15, 0.2) is 12.2 Å². The molecule has 0 aromatic heterocycles. The smallest absolute Gasteiger partial charge is 0.341 e. The quantitative estimate of drug-likeness (QED) is 0.291. The van der Waals surface area contributed by atoms with E-state index in [1.165, 1.54) is 0 Å². The Balaban J connectivity index is 4.57. The van der Waals surface area contributed by atoms with E-state index in [0.717, 1.165) is 0 Å². The molecular formula is C11H18O4. The molecule has 0 saturated carbocycles.